The lowest BCUT2D eigenvalue weighted by Gasteiger charge is -2.16. The monoisotopic (exact) mass is 309 g/mol. The van der Waals surface area contributed by atoms with Crippen LogP contribution in [0.15, 0.2) is 28.7 Å². The Bertz CT molecular complexity index is 364. The highest BCUT2D eigenvalue weighted by Crippen LogP contribution is 2.25. The third-order valence-electron chi connectivity index (χ3n) is 4.15. The van der Waals surface area contributed by atoms with Gasteiger partial charge >= 0.3 is 0 Å². The van der Waals surface area contributed by atoms with Crippen molar-refractivity contribution >= 4 is 15.9 Å². The van der Waals surface area contributed by atoms with Crippen LogP contribution in [0, 0.1) is 5.92 Å². The van der Waals surface area contributed by atoms with Crippen LogP contribution < -0.4 is 5.32 Å². The molecular weight excluding hydrogens is 286 g/mol. The zero-order valence-corrected chi connectivity index (χ0v) is 12.9. The van der Waals surface area contributed by atoms with Crippen molar-refractivity contribution in [3.63, 3.8) is 0 Å². The van der Waals surface area contributed by atoms with Gasteiger partial charge in [-0.25, -0.2) is 0 Å². The van der Waals surface area contributed by atoms with Crippen LogP contribution in [0.3, 0.4) is 0 Å². The molecule has 0 saturated heterocycles. The summed E-state index contributed by atoms with van der Waals surface area (Å²) in [6.45, 7) is 3.33. The summed E-state index contributed by atoms with van der Waals surface area (Å²) < 4.78 is 1.17. The van der Waals surface area contributed by atoms with Gasteiger partial charge in [0.15, 0.2) is 0 Å². The van der Waals surface area contributed by atoms with E-state index < -0.39 is 0 Å². The van der Waals surface area contributed by atoms with Crippen molar-refractivity contribution in [2.24, 2.45) is 5.92 Å². The van der Waals surface area contributed by atoms with Crippen LogP contribution in [0.4, 0.5) is 0 Å². The van der Waals surface area contributed by atoms with E-state index in [4.69, 9.17) is 0 Å². The van der Waals surface area contributed by atoms with Crippen LogP contribution >= 0.6 is 15.9 Å². The van der Waals surface area contributed by atoms with Crippen LogP contribution in [0.1, 0.15) is 51.0 Å². The largest absolute Gasteiger partial charge is 0.310 e. The summed E-state index contributed by atoms with van der Waals surface area (Å²) in [5, 5.41) is 3.73. The van der Waals surface area contributed by atoms with Gasteiger partial charge in [-0.15, -0.1) is 0 Å². The number of halogens is 1. The lowest BCUT2D eigenvalue weighted by atomic mass is 9.98. The van der Waals surface area contributed by atoms with Gasteiger partial charge in [0, 0.05) is 17.1 Å². The molecule has 0 heterocycles. The second-order valence-electron chi connectivity index (χ2n) is 5.49. The van der Waals surface area contributed by atoms with Crippen LogP contribution in [-0.2, 0) is 6.54 Å². The zero-order valence-electron chi connectivity index (χ0n) is 11.3. The van der Waals surface area contributed by atoms with E-state index in [1.54, 1.807) is 0 Å². The maximum Gasteiger partial charge on any atom is 0.0208 e. The average Bonchev–Trinajstić information content (AvgIpc) is 2.61. The van der Waals surface area contributed by atoms with Crippen molar-refractivity contribution in [1.29, 1.82) is 0 Å². The van der Waals surface area contributed by atoms with E-state index in [2.05, 4.69) is 52.4 Å². The van der Waals surface area contributed by atoms with Crippen molar-refractivity contribution in [2.75, 3.05) is 0 Å². The summed E-state index contributed by atoms with van der Waals surface area (Å²) in [5.74, 6) is 0.975. The molecule has 0 aromatic heterocycles. The third-order valence-corrected chi connectivity index (χ3v) is 4.64. The fourth-order valence-electron chi connectivity index (χ4n) is 2.90. The van der Waals surface area contributed by atoms with Crippen molar-refractivity contribution in [2.45, 2.75) is 58.0 Å². The lowest BCUT2D eigenvalue weighted by Crippen LogP contribution is -2.27. The molecule has 0 spiro atoms. The van der Waals surface area contributed by atoms with Gasteiger partial charge in [0.05, 0.1) is 0 Å². The van der Waals surface area contributed by atoms with Crippen LogP contribution in [-0.4, -0.2) is 6.04 Å². The minimum Gasteiger partial charge on any atom is -0.310 e. The molecule has 2 rings (SSSR count). The zero-order chi connectivity index (χ0) is 12.8. The predicted molar refractivity (Wildman–Crippen MR) is 81.6 cm³/mol. The van der Waals surface area contributed by atoms with Crippen molar-refractivity contribution in [1.82, 2.24) is 5.32 Å². The molecule has 0 amide bonds. The van der Waals surface area contributed by atoms with Crippen molar-refractivity contribution in [3.05, 3.63) is 34.3 Å². The first-order chi connectivity index (χ1) is 8.78. The van der Waals surface area contributed by atoms with Crippen molar-refractivity contribution < 1.29 is 0 Å². The maximum absolute atomic E-state index is 3.73. The Labute approximate surface area is 119 Å². The molecule has 2 heteroatoms. The molecule has 2 unspecified atom stereocenters. The molecule has 0 radical (unpaired) electrons. The molecule has 1 saturated carbocycles. The molecule has 18 heavy (non-hydrogen) atoms. The summed E-state index contributed by atoms with van der Waals surface area (Å²) in [5.41, 5.74) is 1.38. The van der Waals surface area contributed by atoms with Crippen LogP contribution in [0.2, 0.25) is 0 Å². The van der Waals surface area contributed by atoms with Crippen LogP contribution in [0.5, 0.6) is 0 Å². The fraction of sp³-hybridized carbons (Fsp3) is 0.625. The van der Waals surface area contributed by atoms with Gasteiger partial charge < -0.3 is 5.32 Å². The van der Waals surface area contributed by atoms with E-state index >= 15 is 0 Å². The highest BCUT2D eigenvalue weighted by atomic mass is 79.9. The quantitative estimate of drug-likeness (QED) is 0.780. The predicted octanol–water partition coefficient (Wildman–Crippen LogP) is 4.90. The van der Waals surface area contributed by atoms with Crippen LogP contribution in [0.25, 0.3) is 0 Å². The fourth-order valence-corrected chi connectivity index (χ4v) is 3.35. The van der Waals surface area contributed by atoms with E-state index in [1.165, 1.54) is 48.6 Å². The molecule has 1 aliphatic carbocycles. The lowest BCUT2D eigenvalue weighted by molar-refractivity contribution is 0.425. The van der Waals surface area contributed by atoms with E-state index in [-0.39, 0.29) is 0 Å². The summed E-state index contributed by atoms with van der Waals surface area (Å²) in [6, 6.07) is 9.32. The number of rotatable bonds is 4. The summed E-state index contributed by atoms with van der Waals surface area (Å²) >= 11 is 3.53. The Morgan fingerprint density at radius 2 is 2.11 bits per heavy atom. The summed E-state index contributed by atoms with van der Waals surface area (Å²) in [7, 11) is 0. The first kappa shape index (κ1) is 14.1. The number of benzene rings is 1. The Hall–Kier alpha value is -0.340. The third kappa shape index (κ3) is 4.40. The second kappa shape index (κ2) is 7.30. The number of nitrogens with one attached hydrogen (secondary N) is 1. The highest BCUT2D eigenvalue weighted by Gasteiger charge is 2.17. The molecule has 1 aromatic carbocycles. The van der Waals surface area contributed by atoms with Gasteiger partial charge in [-0.2, -0.15) is 0 Å². The van der Waals surface area contributed by atoms with Gasteiger partial charge in [0.2, 0.25) is 0 Å². The smallest absolute Gasteiger partial charge is 0.0208 e. The Morgan fingerprint density at radius 3 is 2.89 bits per heavy atom. The van der Waals surface area contributed by atoms with Gasteiger partial charge in [-0.1, -0.05) is 54.2 Å². The number of hydrogen-bond acceptors (Lipinski definition) is 1. The summed E-state index contributed by atoms with van der Waals surface area (Å²) in [6.07, 6.45) is 8.31. The molecule has 0 bridgehead atoms. The standard InChI is InChI=1S/C16H24BrN/c1-2-13-5-4-8-16(10-9-13)18-12-14-6-3-7-15(17)11-14/h3,6-7,11,13,16,18H,2,4-5,8-10,12H2,1H3. The van der Waals surface area contributed by atoms with E-state index in [0.717, 1.165) is 18.5 Å². The molecule has 0 aliphatic heterocycles. The number of hydrogen-bond donors (Lipinski definition) is 1. The molecule has 1 aliphatic rings. The highest BCUT2D eigenvalue weighted by molar-refractivity contribution is 9.10. The molecule has 100 valence electrons. The molecule has 1 nitrogen and oxygen atoms in total. The Balaban J connectivity index is 1.79. The van der Waals surface area contributed by atoms with Gasteiger partial charge in [-0.05, 0) is 42.9 Å². The molecule has 2 atom stereocenters. The Kier molecular flexibility index (Phi) is 5.71. The SMILES string of the molecule is CCC1CCCC(NCc2cccc(Br)c2)CC1. The first-order valence-electron chi connectivity index (χ1n) is 7.25. The summed E-state index contributed by atoms with van der Waals surface area (Å²) in [4.78, 5) is 0. The van der Waals surface area contributed by atoms with E-state index in [0.29, 0.717) is 0 Å². The minimum atomic E-state index is 0.723. The average molecular weight is 310 g/mol. The second-order valence-corrected chi connectivity index (χ2v) is 6.41. The van der Waals surface area contributed by atoms with Gasteiger partial charge in [0.1, 0.15) is 0 Å². The van der Waals surface area contributed by atoms with Gasteiger partial charge in [-0.3, -0.25) is 0 Å². The Morgan fingerprint density at radius 1 is 1.22 bits per heavy atom. The van der Waals surface area contributed by atoms with E-state index in [1.807, 2.05) is 0 Å². The minimum absolute atomic E-state index is 0.723. The first-order valence-corrected chi connectivity index (χ1v) is 8.05. The molecular formula is C16H24BrN. The normalized spacial score (nSPS) is 24.8. The molecule has 1 fully saturated rings. The molecule has 1 N–H and O–H groups in total. The topological polar surface area (TPSA) is 12.0 Å². The van der Waals surface area contributed by atoms with Crippen molar-refractivity contribution in [3.8, 4) is 0 Å². The molecule has 1 aromatic rings. The maximum atomic E-state index is 3.73. The van der Waals surface area contributed by atoms with Gasteiger partial charge in [0.25, 0.3) is 0 Å². The van der Waals surface area contributed by atoms with E-state index in [9.17, 15) is 0 Å².